The van der Waals surface area contributed by atoms with Crippen LogP contribution in [0, 0.1) is 5.92 Å². The Labute approximate surface area is 157 Å². The number of rotatable bonds is 5. The van der Waals surface area contributed by atoms with Gasteiger partial charge in [-0.1, -0.05) is 6.92 Å². The topological polar surface area (TPSA) is 39.9 Å². The first kappa shape index (κ1) is 18.1. The number of hydrogen-bond donors (Lipinski definition) is 0. The number of carbonyl (C=O) groups excluding carboxylic acids is 1. The van der Waals surface area contributed by atoms with Crippen LogP contribution in [0.3, 0.4) is 0 Å². The molecule has 4 rings (SSSR count). The summed E-state index contributed by atoms with van der Waals surface area (Å²) in [5.74, 6) is 3.29. The second-order valence-electron chi connectivity index (χ2n) is 8.61. The van der Waals surface area contributed by atoms with E-state index in [1.807, 2.05) is 0 Å². The minimum absolute atomic E-state index is 0.131. The SMILES string of the molecule is CCc1ccc(CN2CCN(C)[C@]3(CCC(=O)N(CC4CC4)CC3)C2)o1. The molecule has 144 valence electrons. The summed E-state index contributed by atoms with van der Waals surface area (Å²) in [6.45, 7) is 8.11. The monoisotopic (exact) mass is 359 g/mol. The molecule has 3 heterocycles. The summed E-state index contributed by atoms with van der Waals surface area (Å²) < 4.78 is 5.93. The van der Waals surface area contributed by atoms with Crippen LogP contribution in [0.25, 0.3) is 0 Å². The number of likely N-dealkylation sites (N-methyl/N-ethyl adjacent to an activating group) is 1. The summed E-state index contributed by atoms with van der Waals surface area (Å²) in [4.78, 5) is 19.8. The van der Waals surface area contributed by atoms with Crippen molar-refractivity contribution in [1.82, 2.24) is 14.7 Å². The Bertz CT molecular complexity index is 639. The Hall–Kier alpha value is -1.33. The van der Waals surface area contributed by atoms with Crippen molar-refractivity contribution in [3.63, 3.8) is 0 Å². The molecule has 1 spiro atoms. The highest BCUT2D eigenvalue weighted by Gasteiger charge is 2.42. The molecule has 26 heavy (non-hydrogen) atoms. The zero-order valence-electron chi connectivity index (χ0n) is 16.4. The van der Waals surface area contributed by atoms with Crippen molar-refractivity contribution >= 4 is 5.91 Å². The molecule has 5 nitrogen and oxygen atoms in total. The molecule has 5 heteroatoms. The summed E-state index contributed by atoms with van der Waals surface area (Å²) in [7, 11) is 2.25. The third-order valence-electron chi connectivity index (χ3n) is 6.70. The van der Waals surface area contributed by atoms with Gasteiger partial charge in [-0.05, 0) is 50.8 Å². The molecule has 2 saturated heterocycles. The van der Waals surface area contributed by atoms with Crippen molar-refractivity contribution in [1.29, 1.82) is 0 Å². The standard InChI is InChI=1S/C21H33N3O2/c1-3-18-6-7-19(26-18)15-23-13-12-22(2)21(16-23)9-8-20(25)24(11-10-21)14-17-4-5-17/h6-7,17H,3-5,8-16H2,1-2H3/t21-/m0/s1. The molecule has 0 unspecified atom stereocenters. The Balaban J connectivity index is 1.42. The van der Waals surface area contributed by atoms with Crippen LogP contribution in [0.2, 0.25) is 0 Å². The molecular weight excluding hydrogens is 326 g/mol. The zero-order valence-corrected chi connectivity index (χ0v) is 16.4. The van der Waals surface area contributed by atoms with Gasteiger partial charge in [0.2, 0.25) is 5.91 Å². The highest BCUT2D eigenvalue weighted by atomic mass is 16.3. The molecule has 3 fully saturated rings. The Morgan fingerprint density at radius 1 is 1.15 bits per heavy atom. The van der Waals surface area contributed by atoms with Gasteiger partial charge in [0.15, 0.2) is 0 Å². The molecular formula is C21H33N3O2. The second-order valence-corrected chi connectivity index (χ2v) is 8.61. The lowest BCUT2D eigenvalue weighted by atomic mass is 9.86. The third-order valence-corrected chi connectivity index (χ3v) is 6.70. The quantitative estimate of drug-likeness (QED) is 0.810. The summed E-state index contributed by atoms with van der Waals surface area (Å²) >= 11 is 0. The number of hydrogen-bond acceptors (Lipinski definition) is 4. The molecule has 2 aliphatic heterocycles. The lowest BCUT2D eigenvalue weighted by Crippen LogP contribution is -2.60. The first-order valence-corrected chi connectivity index (χ1v) is 10.4. The maximum atomic E-state index is 12.6. The van der Waals surface area contributed by atoms with Crippen LogP contribution >= 0.6 is 0 Å². The van der Waals surface area contributed by atoms with Crippen LogP contribution in [0.5, 0.6) is 0 Å². The van der Waals surface area contributed by atoms with E-state index in [1.54, 1.807) is 0 Å². The summed E-state index contributed by atoms with van der Waals surface area (Å²) in [6, 6.07) is 4.22. The molecule has 3 aliphatic rings. The minimum atomic E-state index is 0.131. The Morgan fingerprint density at radius 2 is 1.96 bits per heavy atom. The van der Waals surface area contributed by atoms with Crippen LogP contribution in [0.4, 0.5) is 0 Å². The molecule has 0 N–H and O–H groups in total. The zero-order chi connectivity index (χ0) is 18.1. The van der Waals surface area contributed by atoms with Crippen molar-refractivity contribution in [3.8, 4) is 0 Å². The minimum Gasteiger partial charge on any atom is -0.465 e. The van der Waals surface area contributed by atoms with Gasteiger partial charge in [0, 0.05) is 51.1 Å². The number of likely N-dealkylation sites (tertiary alicyclic amines) is 1. The van der Waals surface area contributed by atoms with E-state index in [-0.39, 0.29) is 5.54 Å². The van der Waals surface area contributed by atoms with E-state index in [0.29, 0.717) is 12.3 Å². The van der Waals surface area contributed by atoms with Gasteiger partial charge in [0.25, 0.3) is 0 Å². The fourth-order valence-corrected chi connectivity index (χ4v) is 4.63. The van der Waals surface area contributed by atoms with Gasteiger partial charge >= 0.3 is 0 Å². The highest BCUT2D eigenvalue weighted by Crippen LogP contribution is 2.35. The van der Waals surface area contributed by atoms with Gasteiger partial charge in [0.1, 0.15) is 11.5 Å². The van der Waals surface area contributed by atoms with Gasteiger partial charge in [-0.25, -0.2) is 0 Å². The van der Waals surface area contributed by atoms with Crippen LogP contribution in [-0.4, -0.2) is 65.9 Å². The van der Waals surface area contributed by atoms with Gasteiger partial charge in [-0.15, -0.1) is 0 Å². The molecule has 1 saturated carbocycles. The largest absolute Gasteiger partial charge is 0.465 e. The van der Waals surface area contributed by atoms with E-state index < -0.39 is 0 Å². The molecule has 0 bridgehead atoms. The number of nitrogens with zero attached hydrogens (tertiary/aromatic N) is 3. The van der Waals surface area contributed by atoms with Gasteiger partial charge < -0.3 is 9.32 Å². The van der Waals surface area contributed by atoms with Crippen molar-refractivity contribution in [2.75, 3.05) is 39.8 Å². The maximum absolute atomic E-state index is 12.6. The van der Waals surface area contributed by atoms with E-state index >= 15 is 0 Å². The van der Waals surface area contributed by atoms with E-state index in [0.717, 1.165) is 76.0 Å². The molecule has 1 aromatic heterocycles. The van der Waals surface area contributed by atoms with Crippen LogP contribution < -0.4 is 0 Å². The smallest absolute Gasteiger partial charge is 0.222 e. The lowest BCUT2D eigenvalue weighted by molar-refractivity contribution is -0.131. The maximum Gasteiger partial charge on any atom is 0.222 e. The average Bonchev–Trinajstić information content (AvgIpc) is 3.37. The number of amides is 1. The van der Waals surface area contributed by atoms with Crippen LogP contribution in [0.1, 0.15) is 50.5 Å². The molecule has 1 aliphatic carbocycles. The van der Waals surface area contributed by atoms with Crippen molar-refractivity contribution in [2.45, 2.75) is 57.5 Å². The lowest BCUT2D eigenvalue weighted by Gasteiger charge is -2.49. The summed E-state index contributed by atoms with van der Waals surface area (Å²) in [5.41, 5.74) is 0.131. The van der Waals surface area contributed by atoms with Crippen molar-refractivity contribution < 1.29 is 9.21 Å². The highest BCUT2D eigenvalue weighted by molar-refractivity contribution is 5.76. The fourth-order valence-electron chi connectivity index (χ4n) is 4.63. The van der Waals surface area contributed by atoms with Gasteiger partial charge in [-0.2, -0.15) is 0 Å². The number of furan rings is 1. The Morgan fingerprint density at radius 3 is 2.69 bits per heavy atom. The second kappa shape index (κ2) is 7.35. The van der Waals surface area contributed by atoms with E-state index in [4.69, 9.17) is 4.42 Å². The Kier molecular flexibility index (Phi) is 5.11. The summed E-state index contributed by atoms with van der Waals surface area (Å²) in [6.07, 6.45) is 6.35. The van der Waals surface area contributed by atoms with Gasteiger partial charge in [0.05, 0.1) is 6.54 Å². The number of aryl methyl sites for hydroxylation is 1. The predicted molar refractivity (Wildman–Crippen MR) is 102 cm³/mol. The number of piperazine rings is 1. The molecule has 1 aromatic rings. The van der Waals surface area contributed by atoms with E-state index in [9.17, 15) is 4.79 Å². The molecule has 0 radical (unpaired) electrons. The van der Waals surface area contributed by atoms with Crippen molar-refractivity contribution in [2.24, 2.45) is 5.92 Å². The molecule has 1 atom stereocenters. The molecule has 1 amide bonds. The van der Waals surface area contributed by atoms with Crippen LogP contribution in [-0.2, 0) is 17.8 Å². The first-order valence-electron chi connectivity index (χ1n) is 10.4. The first-order chi connectivity index (χ1) is 12.6. The van der Waals surface area contributed by atoms with Crippen LogP contribution in [0.15, 0.2) is 16.5 Å². The normalized spacial score (nSPS) is 28.7. The molecule has 0 aromatic carbocycles. The fraction of sp³-hybridized carbons (Fsp3) is 0.762. The average molecular weight is 360 g/mol. The van der Waals surface area contributed by atoms with Crippen molar-refractivity contribution in [3.05, 3.63) is 23.7 Å². The summed E-state index contributed by atoms with van der Waals surface area (Å²) in [5, 5.41) is 0. The third kappa shape index (κ3) is 3.84. The van der Waals surface area contributed by atoms with E-state index in [2.05, 4.69) is 40.8 Å². The number of carbonyl (C=O) groups is 1. The van der Waals surface area contributed by atoms with Gasteiger partial charge in [-0.3, -0.25) is 14.6 Å². The predicted octanol–water partition coefficient (Wildman–Crippen LogP) is 2.75. The van der Waals surface area contributed by atoms with E-state index in [1.165, 1.54) is 12.8 Å².